The predicted molar refractivity (Wildman–Crippen MR) is 62.5 cm³/mol. The molecule has 4 nitrogen and oxygen atoms in total. The molecule has 2 rings (SSSR count). The molecule has 0 bridgehead atoms. The van der Waals surface area contributed by atoms with E-state index >= 15 is 0 Å². The Balaban J connectivity index is 2.76. The molecular formula is C12H14N2O2. The van der Waals surface area contributed by atoms with Crippen LogP contribution in [0.15, 0.2) is 29.1 Å². The Bertz CT molecular complexity index is 560. The van der Waals surface area contributed by atoms with Gasteiger partial charge in [0.05, 0.1) is 10.9 Å². The van der Waals surface area contributed by atoms with Crippen LogP contribution in [0, 0.1) is 0 Å². The third-order valence-electron chi connectivity index (χ3n) is 2.46. The number of rotatable bonds is 3. The van der Waals surface area contributed by atoms with Crippen LogP contribution in [0.3, 0.4) is 0 Å². The molecule has 0 aliphatic carbocycles. The Hall–Kier alpha value is -1.84. The molecule has 0 spiro atoms. The summed E-state index contributed by atoms with van der Waals surface area (Å²) in [6, 6.07) is 7.30. The topological polar surface area (TPSA) is 44.1 Å². The third kappa shape index (κ3) is 1.66. The van der Waals surface area contributed by atoms with E-state index in [4.69, 9.17) is 4.84 Å². The molecule has 2 aromatic rings. The molecule has 0 radical (unpaired) electrons. The number of benzene rings is 1. The summed E-state index contributed by atoms with van der Waals surface area (Å²) in [7, 11) is 1.48. The second-order valence-electron chi connectivity index (χ2n) is 3.58. The van der Waals surface area contributed by atoms with Crippen molar-refractivity contribution in [3.05, 3.63) is 40.4 Å². The van der Waals surface area contributed by atoms with Gasteiger partial charge in [-0.1, -0.05) is 19.1 Å². The van der Waals surface area contributed by atoms with Crippen molar-refractivity contribution >= 4 is 10.9 Å². The summed E-state index contributed by atoms with van der Waals surface area (Å²) in [6.45, 7) is 2.04. The summed E-state index contributed by atoms with van der Waals surface area (Å²) >= 11 is 0. The van der Waals surface area contributed by atoms with Crippen molar-refractivity contribution < 1.29 is 4.84 Å². The molecule has 1 heterocycles. The van der Waals surface area contributed by atoms with Crippen LogP contribution >= 0.6 is 0 Å². The van der Waals surface area contributed by atoms with Gasteiger partial charge in [-0.25, -0.2) is 4.98 Å². The fraction of sp³-hybridized carbons (Fsp3) is 0.333. The number of aryl methyl sites for hydroxylation is 1. The number of para-hydroxylation sites is 1. The summed E-state index contributed by atoms with van der Waals surface area (Å²) < 4.78 is 1.27. The number of nitrogens with zero attached hydrogens (tertiary/aromatic N) is 2. The van der Waals surface area contributed by atoms with Gasteiger partial charge in [-0.3, -0.25) is 4.79 Å². The normalized spacial score (nSPS) is 10.6. The highest BCUT2D eigenvalue weighted by atomic mass is 16.7. The van der Waals surface area contributed by atoms with Crippen LogP contribution in [0.5, 0.6) is 0 Å². The van der Waals surface area contributed by atoms with Crippen molar-refractivity contribution in [2.75, 3.05) is 7.11 Å². The first kappa shape index (κ1) is 10.7. The van der Waals surface area contributed by atoms with Crippen molar-refractivity contribution in [2.45, 2.75) is 19.8 Å². The lowest BCUT2D eigenvalue weighted by Gasteiger charge is -2.10. The van der Waals surface area contributed by atoms with Crippen LogP contribution in [-0.2, 0) is 6.42 Å². The van der Waals surface area contributed by atoms with Crippen LogP contribution in [0.2, 0.25) is 0 Å². The monoisotopic (exact) mass is 218 g/mol. The zero-order chi connectivity index (χ0) is 11.5. The Morgan fingerprint density at radius 1 is 1.38 bits per heavy atom. The minimum atomic E-state index is -0.142. The zero-order valence-corrected chi connectivity index (χ0v) is 9.43. The number of aromatic nitrogens is 2. The lowest BCUT2D eigenvalue weighted by Crippen LogP contribution is -2.29. The lowest BCUT2D eigenvalue weighted by molar-refractivity contribution is 0.146. The van der Waals surface area contributed by atoms with Crippen LogP contribution in [-0.4, -0.2) is 16.8 Å². The molecule has 84 valence electrons. The lowest BCUT2D eigenvalue weighted by atomic mass is 10.2. The summed E-state index contributed by atoms with van der Waals surface area (Å²) in [6.07, 6.45) is 1.65. The Kier molecular flexibility index (Phi) is 2.90. The molecule has 1 aromatic heterocycles. The minimum absolute atomic E-state index is 0.142. The number of hydrogen-bond donors (Lipinski definition) is 0. The summed E-state index contributed by atoms with van der Waals surface area (Å²) in [5.74, 6) is 0.675. The van der Waals surface area contributed by atoms with E-state index in [2.05, 4.69) is 4.98 Å². The number of fused-ring (bicyclic) bond motifs is 1. The quantitative estimate of drug-likeness (QED) is 0.782. The summed E-state index contributed by atoms with van der Waals surface area (Å²) in [4.78, 5) is 21.6. The van der Waals surface area contributed by atoms with Crippen molar-refractivity contribution in [2.24, 2.45) is 0 Å². The maximum atomic E-state index is 12.1. The molecule has 1 aromatic carbocycles. The van der Waals surface area contributed by atoms with Gasteiger partial charge < -0.3 is 4.84 Å². The van der Waals surface area contributed by atoms with E-state index in [0.717, 1.165) is 18.4 Å². The Morgan fingerprint density at radius 2 is 2.12 bits per heavy atom. The molecule has 0 aliphatic rings. The molecule has 0 saturated heterocycles. The summed E-state index contributed by atoms with van der Waals surface area (Å²) in [5.41, 5.74) is 0.584. The van der Waals surface area contributed by atoms with Crippen LogP contribution in [0.4, 0.5) is 0 Å². The molecule has 0 fully saturated rings. The molecule has 0 N–H and O–H groups in total. The van der Waals surface area contributed by atoms with Gasteiger partial charge in [0.2, 0.25) is 0 Å². The zero-order valence-electron chi connectivity index (χ0n) is 9.43. The average molecular weight is 218 g/mol. The third-order valence-corrected chi connectivity index (χ3v) is 2.46. The summed E-state index contributed by atoms with van der Waals surface area (Å²) in [5, 5.41) is 0.587. The maximum Gasteiger partial charge on any atom is 0.294 e. The maximum absolute atomic E-state index is 12.1. The second-order valence-corrected chi connectivity index (χ2v) is 3.58. The van der Waals surface area contributed by atoms with E-state index in [9.17, 15) is 4.79 Å². The van der Waals surface area contributed by atoms with Crippen LogP contribution < -0.4 is 10.4 Å². The molecule has 0 atom stereocenters. The van der Waals surface area contributed by atoms with Gasteiger partial charge in [-0.15, -0.1) is 4.73 Å². The molecule has 0 aliphatic heterocycles. The fourth-order valence-corrected chi connectivity index (χ4v) is 1.73. The molecule has 0 unspecified atom stereocenters. The van der Waals surface area contributed by atoms with Gasteiger partial charge in [0.15, 0.2) is 0 Å². The van der Waals surface area contributed by atoms with Crippen molar-refractivity contribution in [1.29, 1.82) is 0 Å². The minimum Gasteiger partial charge on any atom is -0.412 e. The predicted octanol–water partition coefficient (Wildman–Crippen LogP) is 1.41. The van der Waals surface area contributed by atoms with E-state index < -0.39 is 0 Å². The smallest absolute Gasteiger partial charge is 0.294 e. The first-order valence-electron chi connectivity index (χ1n) is 5.33. The Labute approximate surface area is 93.5 Å². The van der Waals surface area contributed by atoms with Gasteiger partial charge in [-0.05, 0) is 18.6 Å². The fourth-order valence-electron chi connectivity index (χ4n) is 1.73. The molecular weight excluding hydrogens is 204 g/mol. The highest BCUT2D eigenvalue weighted by molar-refractivity contribution is 5.77. The van der Waals surface area contributed by atoms with E-state index in [1.54, 1.807) is 6.07 Å². The highest BCUT2D eigenvalue weighted by Crippen LogP contribution is 2.08. The first-order valence-corrected chi connectivity index (χ1v) is 5.33. The second kappa shape index (κ2) is 4.35. The Morgan fingerprint density at radius 3 is 2.81 bits per heavy atom. The highest BCUT2D eigenvalue weighted by Gasteiger charge is 2.09. The number of hydrogen-bond acceptors (Lipinski definition) is 3. The first-order chi connectivity index (χ1) is 7.77. The van der Waals surface area contributed by atoms with Gasteiger partial charge in [-0.2, -0.15) is 0 Å². The SMILES string of the molecule is CCCc1nc2ccccc2c(=O)n1OC. The van der Waals surface area contributed by atoms with E-state index in [1.165, 1.54) is 11.8 Å². The van der Waals surface area contributed by atoms with Crippen molar-refractivity contribution in [3.8, 4) is 0 Å². The van der Waals surface area contributed by atoms with Gasteiger partial charge >= 0.3 is 0 Å². The molecule has 4 heteroatoms. The van der Waals surface area contributed by atoms with Crippen molar-refractivity contribution in [3.63, 3.8) is 0 Å². The van der Waals surface area contributed by atoms with E-state index in [1.807, 2.05) is 25.1 Å². The molecule has 16 heavy (non-hydrogen) atoms. The molecule has 0 saturated carbocycles. The van der Waals surface area contributed by atoms with E-state index in [-0.39, 0.29) is 5.56 Å². The van der Waals surface area contributed by atoms with Crippen LogP contribution in [0.1, 0.15) is 19.2 Å². The van der Waals surface area contributed by atoms with Gasteiger partial charge in [0.1, 0.15) is 12.9 Å². The van der Waals surface area contributed by atoms with Crippen LogP contribution in [0.25, 0.3) is 10.9 Å². The van der Waals surface area contributed by atoms with Gasteiger partial charge in [0, 0.05) is 6.42 Å². The van der Waals surface area contributed by atoms with Crippen molar-refractivity contribution in [1.82, 2.24) is 9.71 Å². The molecule has 0 amide bonds. The largest absolute Gasteiger partial charge is 0.412 e. The average Bonchev–Trinajstić information content (AvgIpc) is 2.30. The standard InChI is InChI=1S/C12H14N2O2/c1-3-6-11-13-10-8-5-4-7-9(10)12(15)14(11)16-2/h4-5,7-8H,3,6H2,1-2H3. The van der Waals surface area contributed by atoms with E-state index in [0.29, 0.717) is 11.2 Å². The van der Waals surface area contributed by atoms with Gasteiger partial charge in [0.25, 0.3) is 5.56 Å².